The van der Waals surface area contributed by atoms with Crippen molar-refractivity contribution in [1.29, 1.82) is 0 Å². The minimum absolute atomic E-state index is 0.0385. The number of nitrogens with zero attached hydrogens (tertiary/aromatic N) is 4. The molecule has 1 saturated heterocycles. The van der Waals surface area contributed by atoms with E-state index in [1.165, 1.54) is 0 Å². The zero-order valence-corrected chi connectivity index (χ0v) is 17.3. The second-order valence-corrected chi connectivity index (χ2v) is 9.53. The summed E-state index contributed by atoms with van der Waals surface area (Å²) in [6.45, 7) is 8.88. The number of amides is 1. The summed E-state index contributed by atoms with van der Waals surface area (Å²) in [5.41, 5.74) is -0.0551. The molecule has 0 N–H and O–H groups in total. The van der Waals surface area contributed by atoms with Crippen LogP contribution in [0.1, 0.15) is 70.0 Å². The van der Waals surface area contributed by atoms with Gasteiger partial charge in [0.1, 0.15) is 5.69 Å². The summed E-state index contributed by atoms with van der Waals surface area (Å²) >= 11 is 0. The number of hydrogen-bond acceptors (Lipinski definition) is 3. The fourth-order valence-electron chi connectivity index (χ4n) is 4.07. The van der Waals surface area contributed by atoms with Crippen molar-refractivity contribution >= 4 is 11.6 Å². The molecule has 3 heterocycles. The van der Waals surface area contributed by atoms with Crippen molar-refractivity contribution < 1.29 is 18.0 Å². The van der Waals surface area contributed by atoms with Crippen LogP contribution >= 0.6 is 0 Å². The maximum Gasteiger partial charge on any atom is 0.433 e. The zero-order chi connectivity index (χ0) is 21.1. The molecule has 2 aromatic rings. The van der Waals surface area contributed by atoms with Crippen molar-refractivity contribution in [3.05, 3.63) is 29.2 Å². The first-order chi connectivity index (χ1) is 13.4. The van der Waals surface area contributed by atoms with Gasteiger partial charge in [-0.15, -0.1) is 0 Å². The van der Waals surface area contributed by atoms with Crippen molar-refractivity contribution in [2.75, 3.05) is 13.1 Å². The summed E-state index contributed by atoms with van der Waals surface area (Å²) < 4.78 is 41.9. The second kappa shape index (κ2) is 6.71. The standard InChI is InChI=1S/C21H27F3N4O/c1-12-9-14(12)19(29)27-7-5-13(6-8-27)15-10-18-25-16(20(2,3)4)11-17(21(22,23)24)28(18)26-15/h10-14H,5-9H2,1-4H3. The van der Waals surface area contributed by atoms with Crippen molar-refractivity contribution in [1.82, 2.24) is 19.5 Å². The Labute approximate surface area is 168 Å². The number of halogens is 3. The molecule has 0 aromatic carbocycles. The normalized spacial score (nSPS) is 23.6. The Balaban J connectivity index is 1.60. The molecule has 2 atom stereocenters. The van der Waals surface area contributed by atoms with Gasteiger partial charge in [0.05, 0.1) is 11.4 Å². The van der Waals surface area contributed by atoms with Crippen molar-refractivity contribution in [3.8, 4) is 0 Å². The fourth-order valence-corrected chi connectivity index (χ4v) is 4.07. The summed E-state index contributed by atoms with van der Waals surface area (Å²) in [5, 5.41) is 4.29. The molecule has 2 aromatic heterocycles. The number of carbonyl (C=O) groups is 1. The predicted octanol–water partition coefficient (Wildman–Crippen LogP) is 4.41. The number of piperidine rings is 1. The van der Waals surface area contributed by atoms with Crippen LogP contribution in [0.4, 0.5) is 13.2 Å². The van der Waals surface area contributed by atoms with Gasteiger partial charge in [-0.25, -0.2) is 9.50 Å². The van der Waals surface area contributed by atoms with Gasteiger partial charge in [-0.3, -0.25) is 4.79 Å². The molecule has 29 heavy (non-hydrogen) atoms. The molecule has 1 amide bonds. The lowest BCUT2D eigenvalue weighted by molar-refractivity contribution is -0.142. The molecule has 158 valence electrons. The Morgan fingerprint density at radius 1 is 1.14 bits per heavy atom. The van der Waals surface area contributed by atoms with E-state index in [-0.39, 0.29) is 23.4 Å². The van der Waals surface area contributed by atoms with Gasteiger partial charge in [-0.05, 0) is 31.2 Å². The van der Waals surface area contributed by atoms with E-state index in [1.807, 2.05) is 25.7 Å². The molecule has 0 spiro atoms. The number of hydrogen-bond donors (Lipinski definition) is 0. The summed E-state index contributed by atoms with van der Waals surface area (Å²) in [7, 11) is 0. The number of alkyl halides is 3. The Morgan fingerprint density at radius 3 is 2.28 bits per heavy atom. The van der Waals surface area contributed by atoms with Gasteiger partial charge < -0.3 is 4.90 Å². The van der Waals surface area contributed by atoms with Crippen LogP contribution < -0.4 is 0 Å². The summed E-state index contributed by atoms with van der Waals surface area (Å²) in [6.07, 6.45) is -2.12. The highest BCUT2D eigenvalue weighted by Gasteiger charge is 2.42. The highest BCUT2D eigenvalue weighted by atomic mass is 19.4. The lowest BCUT2D eigenvalue weighted by Gasteiger charge is -2.31. The van der Waals surface area contributed by atoms with Crippen molar-refractivity contribution in [2.45, 2.75) is 64.5 Å². The Morgan fingerprint density at radius 2 is 1.76 bits per heavy atom. The molecule has 8 heteroatoms. The first-order valence-corrected chi connectivity index (χ1v) is 10.2. The van der Waals surface area contributed by atoms with E-state index >= 15 is 0 Å². The molecule has 4 rings (SSSR count). The van der Waals surface area contributed by atoms with Gasteiger partial charge >= 0.3 is 6.18 Å². The van der Waals surface area contributed by atoms with Crippen LogP contribution in [0, 0.1) is 11.8 Å². The zero-order valence-electron chi connectivity index (χ0n) is 17.3. The highest BCUT2D eigenvalue weighted by Crippen LogP contribution is 2.40. The molecule has 2 fully saturated rings. The highest BCUT2D eigenvalue weighted by molar-refractivity contribution is 5.81. The molecule has 2 aliphatic rings. The average molecular weight is 408 g/mol. The van der Waals surface area contributed by atoms with E-state index in [0.29, 0.717) is 43.2 Å². The number of carbonyl (C=O) groups excluding carboxylic acids is 1. The molecule has 1 aliphatic carbocycles. The van der Waals surface area contributed by atoms with Gasteiger partial charge in [0.15, 0.2) is 5.65 Å². The summed E-state index contributed by atoms with van der Waals surface area (Å²) in [6, 6.07) is 2.78. The van der Waals surface area contributed by atoms with Crippen LogP contribution in [0.3, 0.4) is 0 Å². The first-order valence-electron chi connectivity index (χ1n) is 10.2. The third-order valence-electron chi connectivity index (χ3n) is 6.16. The van der Waals surface area contributed by atoms with Crippen LogP contribution in [0.15, 0.2) is 12.1 Å². The number of aromatic nitrogens is 3. The molecule has 1 aliphatic heterocycles. The molecular formula is C21H27F3N4O. The van der Waals surface area contributed by atoms with E-state index < -0.39 is 17.3 Å². The number of fused-ring (bicyclic) bond motifs is 1. The SMILES string of the molecule is CC1CC1C(=O)N1CCC(c2cc3nc(C(C)(C)C)cc(C(F)(F)F)n3n2)CC1. The van der Waals surface area contributed by atoms with Gasteiger partial charge in [0.25, 0.3) is 0 Å². The minimum Gasteiger partial charge on any atom is -0.342 e. The number of rotatable bonds is 2. The third-order valence-corrected chi connectivity index (χ3v) is 6.16. The van der Waals surface area contributed by atoms with Crippen molar-refractivity contribution in [2.24, 2.45) is 11.8 Å². The Kier molecular flexibility index (Phi) is 4.66. The van der Waals surface area contributed by atoms with Crippen LogP contribution in [0.2, 0.25) is 0 Å². The largest absolute Gasteiger partial charge is 0.433 e. The smallest absolute Gasteiger partial charge is 0.342 e. The molecule has 5 nitrogen and oxygen atoms in total. The van der Waals surface area contributed by atoms with Gasteiger partial charge in [-0.1, -0.05) is 27.7 Å². The molecular weight excluding hydrogens is 381 g/mol. The quantitative estimate of drug-likeness (QED) is 0.740. The third kappa shape index (κ3) is 3.85. The van der Waals surface area contributed by atoms with Crippen molar-refractivity contribution in [3.63, 3.8) is 0 Å². The summed E-state index contributed by atoms with van der Waals surface area (Å²) in [5.74, 6) is 0.900. The van der Waals surface area contributed by atoms with Gasteiger partial charge in [0.2, 0.25) is 5.91 Å². The molecule has 0 bridgehead atoms. The Hall–Kier alpha value is -2.12. The van der Waals surface area contributed by atoms with Crippen LogP contribution in [0.25, 0.3) is 5.65 Å². The Bertz CT molecular complexity index is 936. The lowest BCUT2D eigenvalue weighted by Crippen LogP contribution is -2.39. The maximum absolute atomic E-state index is 13.7. The van der Waals surface area contributed by atoms with Gasteiger partial charge in [0, 0.05) is 36.4 Å². The minimum atomic E-state index is -4.51. The predicted molar refractivity (Wildman–Crippen MR) is 103 cm³/mol. The number of likely N-dealkylation sites (tertiary alicyclic amines) is 1. The van der Waals surface area contributed by atoms with Crippen LogP contribution in [-0.4, -0.2) is 38.5 Å². The average Bonchev–Trinajstić information content (AvgIpc) is 3.20. The van der Waals surface area contributed by atoms with E-state index in [0.717, 1.165) is 17.0 Å². The van der Waals surface area contributed by atoms with E-state index in [2.05, 4.69) is 17.0 Å². The maximum atomic E-state index is 13.7. The van der Waals surface area contributed by atoms with Crippen LogP contribution in [-0.2, 0) is 16.4 Å². The molecule has 1 saturated carbocycles. The molecule has 2 unspecified atom stereocenters. The monoisotopic (exact) mass is 408 g/mol. The van der Waals surface area contributed by atoms with E-state index in [1.54, 1.807) is 6.07 Å². The topological polar surface area (TPSA) is 50.5 Å². The van der Waals surface area contributed by atoms with Gasteiger partial charge in [-0.2, -0.15) is 18.3 Å². The van der Waals surface area contributed by atoms with Crippen LogP contribution in [0.5, 0.6) is 0 Å². The van der Waals surface area contributed by atoms with E-state index in [9.17, 15) is 18.0 Å². The molecule has 0 radical (unpaired) electrons. The fraction of sp³-hybridized carbons (Fsp3) is 0.667. The second-order valence-electron chi connectivity index (χ2n) is 9.53. The first kappa shape index (κ1) is 20.2. The van der Waals surface area contributed by atoms with E-state index in [4.69, 9.17) is 0 Å². The summed E-state index contributed by atoms with van der Waals surface area (Å²) in [4.78, 5) is 18.8. The lowest BCUT2D eigenvalue weighted by atomic mass is 9.91.